The summed E-state index contributed by atoms with van der Waals surface area (Å²) in [5, 5.41) is 12.5. The predicted octanol–water partition coefficient (Wildman–Crippen LogP) is 2.93. The quantitative estimate of drug-likeness (QED) is 0.911. The van der Waals surface area contributed by atoms with Crippen LogP contribution in [-0.2, 0) is 4.79 Å². The van der Waals surface area contributed by atoms with Crippen molar-refractivity contribution < 1.29 is 9.90 Å². The van der Waals surface area contributed by atoms with Gasteiger partial charge in [0.15, 0.2) is 0 Å². The van der Waals surface area contributed by atoms with Crippen LogP contribution in [0.2, 0.25) is 0 Å². The van der Waals surface area contributed by atoms with Gasteiger partial charge in [0.1, 0.15) is 6.04 Å². The molecule has 2 aromatic carbocycles. The topological polar surface area (TPSA) is 49.3 Å². The number of hydrogen-bond donors (Lipinski definition) is 2. The number of rotatable bonds is 4. The highest BCUT2D eigenvalue weighted by Crippen LogP contribution is 2.36. The normalized spacial score (nSPS) is 21.6. The van der Waals surface area contributed by atoms with Gasteiger partial charge in [-0.2, -0.15) is 0 Å². The Kier molecular flexibility index (Phi) is 4.27. The average molecular weight is 299 g/mol. The lowest BCUT2D eigenvalue weighted by Gasteiger charge is -2.24. The number of carbonyl (C=O) groups is 1. The summed E-state index contributed by atoms with van der Waals surface area (Å²) in [6, 6.07) is 20.1. The monoisotopic (exact) mass is 299 g/mol. The van der Waals surface area contributed by atoms with Gasteiger partial charge in [-0.25, -0.2) is 0 Å². The molecule has 0 spiro atoms. The second-order valence-corrected chi connectivity index (χ2v) is 6.28. The van der Waals surface area contributed by atoms with E-state index in [2.05, 4.69) is 29.6 Å². The van der Waals surface area contributed by atoms with Gasteiger partial charge in [0.25, 0.3) is 0 Å². The first-order valence-corrected chi connectivity index (χ1v) is 8.01. The van der Waals surface area contributed by atoms with Crippen molar-refractivity contribution in [3.63, 3.8) is 0 Å². The molecule has 1 fully saturated rings. The molecule has 0 aromatic heterocycles. The van der Waals surface area contributed by atoms with Crippen molar-refractivity contribution in [2.45, 2.75) is 17.3 Å². The van der Waals surface area contributed by atoms with Gasteiger partial charge in [-0.15, -0.1) is 11.8 Å². The lowest BCUT2D eigenvalue weighted by molar-refractivity contribution is -0.138. The first-order valence-electron chi connectivity index (χ1n) is 6.96. The maximum atomic E-state index is 11.2. The molecule has 108 valence electrons. The SMILES string of the molecule is O=C(O)[C@H]1CSC(C(c2ccccc2)c2ccccc2)N1. The van der Waals surface area contributed by atoms with E-state index in [-0.39, 0.29) is 11.3 Å². The molecular weight excluding hydrogens is 282 g/mol. The maximum absolute atomic E-state index is 11.2. The summed E-state index contributed by atoms with van der Waals surface area (Å²) in [7, 11) is 0. The highest BCUT2D eigenvalue weighted by atomic mass is 32.2. The summed E-state index contributed by atoms with van der Waals surface area (Å²) < 4.78 is 0. The summed E-state index contributed by atoms with van der Waals surface area (Å²) >= 11 is 1.68. The molecule has 1 unspecified atom stereocenters. The molecule has 0 radical (unpaired) electrons. The van der Waals surface area contributed by atoms with E-state index in [1.807, 2.05) is 36.4 Å². The van der Waals surface area contributed by atoms with E-state index in [9.17, 15) is 9.90 Å². The third kappa shape index (κ3) is 3.12. The zero-order valence-electron chi connectivity index (χ0n) is 11.5. The van der Waals surface area contributed by atoms with E-state index >= 15 is 0 Å². The van der Waals surface area contributed by atoms with Crippen LogP contribution < -0.4 is 5.32 Å². The van der Waals surface area contributed by atoms with Gasteiger partial charge in [-0.3, -0.25) is 10.1 Å². The van der Waals surface area contributed by atoms with E-state index < -0.39 is 12.0 Å². The van der Waals surface area contributed by atoms with Crippen LogP contribution in [0, 0.1) is 0 Å². The molecule has 4 heteroatoms. The Labute approximate surface area is 128 Å². The lowest BCUT2D eigenvalue weighted by Crippen LogP contribution is -2.39. The molecule has 1 aliphatic heterocycles. The van der Waals surface area contributed by atoms with Gasteiger partial charge in [-0.05, 0) is 11.1 Å². The second kappa shape index (κ2) is 6.33. The zero-order valence-corrected chi connectivity index (χ0v) is 12.3. The summed E-state index contributed by atoms with van der Waals surface area (Å²) in [6.45, 7) is 0. The Morgan fingerprint density at radius 2 is 1.57 bits per heavy atom. The third-order valence-corrected chi connectivity index (χ3v) is 5.02. The summed E-state index contributed by atoms with van der Waals surface area (Å²) in [5.74, 6) is -0.0116. The van der Waals surface area contributed by atoms with Gasteiger partial charge in [0, 0.05) is 11.7 Å². The fourth-order valence-electron chi connectivity index (χ4n) is 2.69. The average Bonchev–Trinajstić information content (AvgIpc) is 3.00. The van der Waals surface area contributed by atoms with Gasteiger partial charge in [-0.1, -0.05) is 60.7 Å². The minimum atomic E-state index is -0.773. The molecule has 0 saturated carbocycles. The van der Waals surface area contributed by atoms with Crippen LogP contribution in [0.1, 0.15) is 17.0 Å². The molecule has 2 aromatic rings. The molecular formula is C17H17NO2S. The van der Waals surface area contributed by atoms with Crippen molar-refractivity contribution >= 4 is 17.7 Å². The van der Waals surface area contributed by atoms with Crippen molar-refractivity contribution in [2.75, 3.05) is 5.75 Å². The summed E-state index contributed by atoms with van der Waals surface area (Å²) in [4.78, 5) is 11.2. The third-order valence-electron chi connectivity index (χ3n) is 3.73. The van der Waals surface area contributed by atoms with Crippen LogP contribution in [0.4, 0.5) is 0 Å². The number of thioether (sulfide) groups is 1. The number of carboxylic acids is 1. The molecule has 0 bridgehead atoms. The molecule has 1 saturated heterocycles. The highest BCUT2D eigenvalue weighted by Gasteiger charge is 2.35. The molecule has 21 heavy (non-hydrogen) atoms. The zero-order chi connectivity index (χ0) is 14.7. The Morgan fingerprint density at radius 1 is 1.05 bits per heavy atom. The minimum Gasteiger partial charge on any atom is -0.480 e. The van der Waals surface area contributed by atoms with Gasteiger partial charge in [0.2, 0.25) is 0 Å². The molecule has 0 aliphatic carbocycles. The van der Waals surface area contributed by atoms with Gasteiger partial charge >= 0.3 is 5.97 Å². The molecule has 2 atom stereocenters. The number of hydrogen-bond acceptors (Lipinski definition) is 3. The Bertz CT molecular complexity index is 563. The lowest BCUT2D eigenvalue weighted by atomic mass is 9.91. The Hall–Kier alpha value is -1.78. The fraction of sp³-hybridized carbons (Fsp3) is 0.235. The predicted molar refractivity (Wildman–Crippen MR) is 85.5 cm³/mol. The number of aliphatic carboxylic acids is 1. The number of carboxylic acid groups (broad SMARTS) is 1. The molecule has 3 rings (SSSR count). The first kappa shape index (κ1) is 14.2. The van der Waals surface area contributed by atoms with Crippen LogP contribution in [0.5, 0.6) is 0 Å². The fourth-order valence-corrected chi connectivity index (χ4v) is 4.10. The van der Waals surface area contributed by atoms with Gasteiger partial charge < -0.3 is 5.11 Å². The maximum Gasteiger partial charge on any atom is 0.321 e. The minimum absolute atomic E-state index is 0.0795. The Balaban J connectivity index is 1.93. The van der Waals surface area contributed by atoms with Crippen molar-refractivity contribution in [3.05, 3.63) is 71.8 Å². The number of benzene rings is 2. The van der Waals surface area contributed by atoms with Gasteiger partial charge in [0.05, 0.1) is 5.37 Å². The van der Waals surface area contributed by atoms with E-state index in [4.69, 9.17) is 0 Å². The van der Waals surface area contributed by atoms with E-state index in [0.717, 1.165) is 0 Å². The van der Waals surface area contributed by atoms with Crippen molar-refractivity contribution in [3.8, 4) is 0 Å². The van der Waals surface area contributed by atoms with Crippen molar-refractivity contribution in [2.24, 2.45) is 0 Å². The highest BCUT2D eigenvalue weighted by molar-refractivity contribution is 8.00. The van der Waals surface area contributed by atoms with Crippen LogP contribution in [0.3, 0.4) is 0 Å². The molecule has 3 nitrogen and oxygen atoms in total. The van der Waals surface area contributed by atoms with E-state index in [1.54, 1.807) is 11.8 Å². The van der Waals surface area contributed by atoms with Crippen LogP contribution >= 0.6 is 11.8 Å². The number of nitrogens with one attached hydrogen (secondary N) is 1. The molecule has 2 N–H and O–H groups in total. The van der Waals surface area contributed by atoms with E-state index in [0.29, 0.717) is 5.75 Å². The van der Waals surface area contributed by atoms with Crippen LogP contribution in [-0.4, -0.2) is 28.2 Å². The summed E-state index contributed by atoms with van der Waals surface area (Å²) in [5.41, 5.74) is 2.42. The Morgan fingerprint density at radius 3 is 2.00 bits per heavy atom. The van der Waals surface area contributed by atoms with E-state index in [1.165, 1.54) is 11.1 Å². The second-order valence-electron chi connectivity index (χ2n) is 5.11. The largest absolute Gasteiger partial charge is 0.480 e. The van der Waals surface area contributed by atoms with Crippen molar-refractivity contribution in [1.29, 1.82) is 0 Å². The molecule has 1 aliphatic rings. The molecule has 1 heterocycles. The first-order chi connectivity index (χ1) is 10.3. The van der Waals surface area contributed by atoms with Crippen LogP contribution in [0.15, 0.2) is 60.7 Å². The van der Waals surface area contributed by atoms with Crippen molar-refractivity contribution in [1.82, 2.24) is 5.32 Å². The summed E-state index contributed by atoms with van der Waals surface area (Å²) in [6.07, 6.45) is 0. The standard InChI is InChI=1S/C17H17NO2S/c19-17(20)14-11-21-16(18-14)15(12-7-3-1-4-8-12)13-9-5-2-6-10-13/h1-10,14-16,18H,11H2,(H,19,20)/t14-,16?/m1/s1. The smallest absolute Gasteiger partial charge is 0.321 e. The van der Waals surface area contributed by atoms with Crippen LogP contribution in [0.25, 0.3) is 0 Å². The molecule has 0 amide bonds.